The number of allylic oxidation sites excluding steroid dienone is 3. The number of hydrogen-bond acceptors (Lipinski definition) is 6. The number of likely N-dealkylation sites (tertiary alicyclic amines) is 2. The van der Waals surface area contributed by atoms with Crippen LogP contribution < -0.4 is 4.74 Å². The molecule has 0 unspecified atom stereocenters. The molecule has 2 heterocycles. The van der Waals surface area contributed by atoms with Gasteiger partial charge >= 0.3 is 0 Å². The fourth-order valence-corrected chi connectivity index (χ4v) is 9.31. The Kier molecular flexibility index (Phi) is 7.42. The number of benzene rings is 1. The number of phenolic OH excluding ortho intramolecular Hbond substituents is 1. The Balaban J connectivity index is 1.25. The molecule has 4 amide bonds. The summed E-state index contributed by atoms with van der Waals surface area (Å²) < 4.78 is 5.30. The zero-order chi connectivity index (χ0) is 29.8. The molecule has 8 nitrogen and oxygen atoms in total. The van der Waals surface area contributed by atoms with Crippen molar-refractivity contribution in [1.82, 2.24) is 9.80 Å². The van der Waals surface area contributed by atoms with Crippen LogP contribution in [-0.2, 0) is 19.2 Å². The van der Waals surface area contributed by atoms with Gasteiger partial charge in [0.05, 0.1) is 30.8 Å². The molecule has 2 saturated heterocycles. The number of carbonyl (C=O) groups is 4. The van der Waals surface area contributed by atoms with Gasteiger partial charge in [-0.3, -0.25) is 29.0 Å². The fourth-order valence-electron chi connectivity index (χ4n) is 9.31. The minimum Gasteiger partial charge on any atom is -0.504 e. The van der Waals surface area contributed by atoms with Crippen LogP contribution >= 0.6 is 0 Å². The van der Waals surface area contributed by atoms with E-state index in [4.69, 9.17) is 4.74 Å². The number of aromatic hydroxyl groups is 1. The molecule has 8 heteroatoms. The number of phenols is 1. The van der Waals surface area contributed by atoms with Gasteiger partial charge in [-0.1, -0.05) is 68.4 Å². The summed E-state index contributed by atoms with van der Waals surface area (Å²) in [5, 5.41) is 10.1. The van der Waals surface area contributed by atoms with Crippen LogP contribution in [0.1, 0.15) is 82.6 Å². The van der Waals surface area contributed by atoms with E-state index in [-0.39, 0.29) is 59.2 Å². The molecule has 2 aliphatic heterocycles. The van der Waals surface area contributed by atoms with E-state index in [2.05, 4.69) is 6.08 Å². The lowest BCUT2D eigenvalue weighted by Gasteiger charge is -2.42. The van der Waals surface area contributed by atoms with E-state index < -0.39 is 17.8 Å². The van der Waals surface area contributed by atoms with Gasteiger partial charge in [-0.25, -0.2) is 0 Å². The van der Waals surface area contributed by atoms with Crippen LogP contribution in [0.5, 0.6) is 11.5 Å². The summed E-state index contributed by atoms with van der Waals surface area (Å²) in [6.07, 6.45) is 16.8. The highest BCUT2D eigenvalue weighted by Crippen LogP contribution is 2.56. The topological polar surface area (TPSA) is 104 Å². The number of carbonyl (C=O) groups excluding carboxylic acids is 4. The van der Waals surface area contributed by atoms with E-state index in [9.17, 15) is 24.3 Å². The maximum atomic E-state index is 14.2. The zero-order valence-corrected chi connectivity index (χ0v) is 25.0. The highest BCUT2D eigenvalue weighted by Gasteiger charge is 2.62. The number of nitrogens with zero attached hydrogens (tertiary/aromatic N) is 2. The average molecular weight is 587 g/mol. The number of fused-ring (bicyclic) bond motifs is 4. The van der Waals surface area contributed by atoms with E-state index in [0.717, 1.165) is 75.3 Å². The number of amides is 4. The number of imide groups is 2. The molecule has 6 aliphatic rings. The first-order valence-electron chi connectivity index (χ1n) is 16.4. The molecule has 1 N–H and O–H groups in total. The quantitative estimate of drug-likeness (QED) is 0.374. The maximum absolute atomic E-state index is 14.2. The zero-order valence-electron chi connectivity index (χ0n) is 25.0. The molecule has 228 valence electrons. The third kappa shape index (κ3) is 4.63. The minimum absolute atomic E-state index is 0.0178. The standard InChI is InChI=1S/C35H42N2O6/c1-43-29-18-20(13-17-28(29)38)12-14-24-23-15-16-25-31(35(42)36(32(25)39)21-8-4-2-5-9-21)26(23)19-27-30(24)34(41)37(33(27)40)22-10-6-3-7-11-22/h12-15,17-18,21-22,24-27,30-31,38H,2-11,16,19H2,1H3/t24-,25-,26+,27+,30-,31-/m0/s1. The largest absolute Gasteiger partial charge is 0.504 e. The van der Waals surface area contributed by atoms with Crippen molar-refractivity contribution in [3.8, 4) is 11.5 Å². The summed E-state index contributed by atoms with van der Waals surface area (Å²) in [6.45, 7) is 0. The van der Waals surface area contributed by atoms with E-state index in [1.807, 2.05) is 12.2 Å². The molecule has 0 bridgehead atoms. The number of methoxy groups -OCH3 is 1. The van der Waals surface area contributed by atoms with Crippen LogP contribution in [0, 0.1) is 35.5 Å². The summed E-state index contributed by atoms with van der Waals surface area (Å²) in [5.41, 5.74) is 1.84. The first-order valence-corrected chi connectivity index (χ1v) is 16.4. The van der Waals surface area contributed by atoms with Crippen molar-refractivity contribution in [1.29, 1.82) is 0 Å². The van der Waals surface area contributed by atoms with Gasteiger partial charge in [0.2, 0.25) is 23.6 Å². The van der Waals surface area contributed by atoms with Gasteiger partial charge in [0, 0.05) is 18.0 Å². The van der Waals surface area contributed by atoms with Crippen LogP contribution in [0.15, 0.2) is 35.9 Å². The number of rotatable bonds is 5. The lowest BCUT2D eigenvalue weighted by atomic mass is 9.58. The molecular weight excluding hydrogens is 544 g/mol. The molecule has 0 spiro atoms. The summed E-state index contributed by atoms with van der Waals surface area (Å²) in [4.78, 5) is 59.2. The molecule has 6 atom stereocenters. The molecule has 43 heavy (non-hydrogen) atoms. The van der Waals surface area contributed by atoms with E-state index in [0.29, 0.717) is 18.6 Å². The normalized spacial score (nSPS) is 33.6. The Morgan fingerprint density at radius 2 is 1.37 bits per heavy atom. The van der Waals surface area contributed by atoms with Gasteiger partial charge in [-0.15, -0.1) is 0 Å². The SMILES string of the molecule is COc1cc(C=C[C@H]2C3=CC[C@@H]4C(=O)N(C5CCCCC5)C(=O)[C@@H]4[C@@H]3C[C@H]3C(=O)N(C4CCCCC4)C(=O)[C@@H]23)ccc1O. The van der Waals surface area contributed by atoms with E-state index in [1.54, 1.807) is 28.0 Å². The van der Waals surface area contributed by atoms with Crippen molar-refractivity contribution in [2.75, 3.05) is 7.11 Å². The Bertz CT molecular complexity index is 1390. The minimum atomic E-state index is -0.509. The Hall–Kier alpha value is -3.42. The highest BCUT2D eigenvalue weighted by atomic mass is 16.5. The van der Waals surface area contributed by atoms with Crippen LogP contribution in [0.3, 0.4) is 0 Å². The first-order chi connectivity index (χ1) is 20.9. The Morgan fingerprint density at radius 3 is 2.00 bits per heavy atom. The number of hydrogen-bond donors (Lipinski definition) is 1. The van der Waals surface area contributed by atoms with Crippen molar-refractivity contribution in [3.05, 3.63) is 41.5 Å². The predicted octanol–water partition coefficient (Wildman–Crippen LogP) is 5.25. The number of ether oxygens (including phenoxy) is 1. The first kappa shape index (κ1) is 28.4. The lowest BCUT2D eigenvalue weighted by molar-refractivity contribution is -0.145. The van der Waals surface area contributed by atoms with E-state index in [1.165, 1.54) is 7.11 Å². The predicted molar refractivity (Wildman–Crippen MR) is 159 cm³/mol. The van der Waals surface area contributed by atoms with Gasteiger partial charge in [-0.2, -0.15) is 0 Å². The molecule has 1 aromatic rings. The second-order valence-electron chi connectivity index (χ2n) is 13.5. The molecule has 0 aromatic heterocycles. The van der Waals surface area contributed by atoms with Crippen LogP contribution in [0.4, 0.5) is 0 Å². The smallest absolute Gasteiger partial charge is 0.234 e. The fraction of sp³-hybridized carbons (Fsp3) is 0.600. The molecular formula is C35H42N2O6. The molecule has 5 fully saturated rings. The molecule has 7 rings (SSSR count). The third-order valence-corrected chi connectivity index (χ3v) is 11.3. The summed E-state index contributed by atoms with van der Waals surface area (Å²) in [7, 11) is 1.50. The van der Waals surface area contributed by atoms with Crippen molar-refractivity contribution < 1.29 is 29.0 Å². The molecule has 0 radical (unpaired) electrons. The lowest BCUT2D eigenvalue weighted by Crippen LogP contribution is -2.44. The van der Waals surface area contributed by atoms with Crippen molar-refractivity contribution in [3.63, 3.8) is 0 Å². The third-order valence-electron chi connectivity index (χ3n) is 11.3. The van der Waals surface area contributed by atoms with Crippen molar-refractivity contribution in [2.24, 2.45) is 35.5 Å². The summed E-state index contributed by atoms with van der Waals surface area (Å²) in [5.74, 6) is -2.32. The van der Waals surface area contributed by atoms with Gasteiger partial charge in [-0.05, 0) is 62.1 Å². The second kappa shape index (κ2) is 11.3. The highest BCUT2D eigenvalue weighted by molar-refractivity contribution is 6.08. The summed E-state index contributed by atoms with van der Waals surface area (Å²) >= 11 is 0. The average Bonchev–Trinajstić information content (AvgIpc) is 3.44. The summed E-state index contributed by atoms with van der Waals surface area (Å²) in [6, 6.07) is 5.04. The van der Waals surface area contributed by atoms with Crippen molar-refractivity contribution >= 4 is 29.7 Å². The molecule has 3 saturated carbocycles. The second-order valence-corrected chi connectivity index (χ2v) is 13.5. The van der Waals surface area contributed by atoms with Gasteiger partial charge in [0.25, 0.3) is 0 Å². The van der Waals surface area contributed by atoms with Crippen molar-refractivity contribution in [2.45, 2.75) is 89.1 Å². The Morgan fingerprint density at radius 1 is 0.767 bits per heavy atom. The van der Waals surface area contributed by atoms with Gasteiger partial charge in [0.1, 0.15) is 0 Å². The van der Waals surface area contributed by atoms with Crippen LogP contribution in [0.25, 0.3) is 6.08 Å². The molecule has 4 aliphatic carbocycles. The monoisotopic (exact) mass is 586 g/mol. The van der Waals surface area contributed by atoms with Crippen LogP contribution in [0.2, 0.25) is 0 Å². The van der Waals surface area contributed by atoms with Gasteiger partial charge < -0.3 is 9.84 Å². The maximum Gasteiger partial charge on any atom is 0.234 e. The molecule has 1 aromatic carbocycles. The van der Waals surface area contributed by atoms with Crippen LogP contribution in [-0.4, -0.2) is 57.7 Å². The van der Waals surface area contributed by atoms with E-state index >= 15 is 0 Å². The van der Waals surface area contributed by atoms with Gasteiger partial charge in [0.15, 0.2) is 11.5 Å². The Labute approximate surface area is 253 Å².